The number of guanidine groups is 1. The van der Waals surface area contributed by atoms with Crippen LogP contribution in [0.4, 0.5) is 5.69 Å². The Kier molecular flexibility index (Phi) is 5.31. The van der Waals surface area contributed by atoms with Gasteiger partial charge in [-0.15, -0.1) is 0 Å². The van der Waals surface area contributed by atoms with Crippen LogP contribution in [-0.4, -0.2) is 50.4 Å². The Bertz CT molecular complexity index is 660. The summed E-state index contributed by atoms with van der Waals surface area (Å²) in [5.74, 6) is 1.59. The van der Waals surface area contributed by atoms with Crippen molar-refractivity contribution < 1.29 is 4.74 Å². The molecule has 27 heavy (non-hydrogen) atoms. The molecule has 0 amide bonds. The van der Waals surface area contributed by atoms with Crippen LogP contribution in [0.25, 0.3) is 0 Å². The van der Waals surface area contributed by atoms with E-state index in [-0.39, 0.29) is 5.41 Å². The van der Waals surface area contributed by atoms with Crippen LogP contribution in [0.15, 0.2) is 35.3 Å². The van der Waals surface area contributed by atoms with E-state index in [1.807, 2.05) is 0 Å². The number of anilines is 1. The smallest absolute Gasteiger partial charge is 0.191 e. The number of nitrogens with one attached hydrogen (secondary N) is 2. The molecular formula is C22H34N4O. The molecule has 5 heteroatoms. The SMILES string of the molecule is CCN=C(NC1CCCN(c2ccccc2)C1)NC1C2CCOC2C1(C)C. The highest BCUT2D eigenvalue weighted by Gasteiger charge is 2.59. The molecule has 3 aliphatic rings. The number of fused-ring (bicyclic) bond motifs is 1. The highest BCUT2D eigenvalue weighted by Crippen LogP contribution is 2.52. The lowest BCUT2D eigenvalue weighted by atomic mass is 9.57. The average molecular weight is 371 g/mol. The molecule has 1 aromatic carbocycles. The second-order valence-electron chi connectivity index (χ2n) is 8.78. The monoisotopic (exact) mass is 370 g/mol. The molecular weight excluding hydrogens is 336 g/mol. The Balaban J connectivity index is 1.39. The quantitative estimate of drug-likeness (QED) is 0.632. The second-order valence-corrected chi connectivity index (χ2v) is 8.78. The zero-order chi connectivity index (χ0) is 18.9. The summed E-state index contributed by atoms with van der Waals surface area (Å²) in [4.78, 5) is 7.24. The van der Waals surface area contributed by atoms with Crippen LogP contribution in [0.2, 0.25) is 0 Å². The summed E-state index contributed by atoms with van der Waals surface area (Å²) >= 11 is 0. The molecule has 2 aliphatic heterocycles. The normalized spacial score (nSPS) is 32.6. The third-order valence-corrected chi connectivity index (χ3v) is 6.59. The number of piperidine rings is 1. The molecule has 0 spiro atoms. The van der Waals surface area contributed by atoms with Gasteiger partial charge in [-0.25, -0.2) is 0 Å². The first kappa shape index (κ1) is 18.6. The fourth-order valence-corrected chi connectivity index (χ4v) is 5.22. The topological polar surface area (TPSA) is 48.9 Å². The lowest BCUT2D eigenvalue weighted by Crippen LogP contribution is -2.68. The number of para-hydroxylation sites is 1. The number of hydrogen-bond donors (Lipinski definition) is 2. The highest BCUT2D eigenvalue weighted by atomic mass is 16.5. The number of rotatable bonds is 4. The number of ether oxygens (including phenoxy) is 1. The van der Waals surface area contributed by atoms with Crippen molar-refractivity contribution in [2.75, 3.05) is 31.1 Å². The van der Waals surface area contributed by atoms with Crippen molar-refractivity contribution in [2.24, 2.45) is 16.3 Å². The predicted molar refractivity (Wildman–Crippen MR) is 111 cm³/mol. The van der Waals surface area contributed by atoms with E-state index in [2.05, 4.69) is 66.6 Å². The highest BCUT2D eigenvalue weighted by molar-refractivity contribution is 5.81. The largest absolute Gasteiger partial charge is 0.377 e. The van der Waals surface area contributed by atoms with Gasteiger partial charge in [-0.3, -0.25) is 4.99 Å². The van der Waals surface area contributed by atoms with E-state index in [1.54, 1.807) is 0 Å². The Morgan fingerprint density at radius 3 is 2.81 bits per heavy atom. The number of aliphatic imine (C=N–C) groups is 1. The second kappa shape index (κ2) is 7.70. The van der Waals surface area contributed by atoms with Crippen LogP contribution in [0.3, 0.4) is 0 Å². The average Bonchev–Trinajstić information content (AvgIpc) is 3.14. The maximum atomic E-state index is 5.95. The van der Waals surface area contributed by atoms with Crippen LogP contribution in [0.5, 0.6) is 0 Å². The van der Waals surface area contributed by atoms with Crippen LogP contribution in [-0.2, 0) is 4.74 Å². The van der Waals surface area contributed by atoms with Crippen LogP contribution < -0.4 is 15.5 Å². The van der Waals surface area contributed by atoms with Crippen molar-refractivity contribution in [2.45, 2.75) is 58.2 Å². The van der Waals surface area contributed by atoms with E-state index in [0.29, 0.717) is 24.1 Å². The molecule has 0 bridgehead atoms. The van der Waals surface area contributed by atoms with Crippen LogP contribution in [0, 0.1) is 11.3 Å². The molecule has 4 rings (SSSR count). The summed E-state index contributed by atoms with van der Waals surface area (Å²) in [5.41, 5.74) is 1.48. The van der Waals surface area contributed by atoms with E-state index in [1.165, 1.54) is 18.5 Å². The van der Waals surface area contributed by atoms with Crippen molar-refractivity contribution in [3.05, 3.63) is 30.3 Å². The van der Waals surface area contributed by atoms with Crippen LogP contribution >= 0.6 is 0 Å². The molecule has 2 N–H and O–H groups in total. The summed E-state index contributed by atoms with van der Waals surface area (Å²) in [6.07, 6.45) is 3.97. The molecule has 2 saturated heterocycles. The Labute approximate surface area is 163 Å². The molecule has 1 aromatic rings. The van der Waals surface area contributed by atoms with Gasteiger partial charge in [0.05, 0.1) is 6.10 Å². The standard InChI is InChI=1S/C22H34N4O/c1-4-23-21(25-19-18-12-14-27-20(18)22(19,2)3)24-16-9-8-13-26(15-16)17-10-6-5-7-11-17/h5-7,10-11,16,18-20H,4,8-9,12-15H2,1-3H3,(H2,23,24,25). The zero-order valence-electron chi connectivity index (χ0n) is 16.9. The molecule has 1 saturated carbocycles. The molecule has 0 aromatic heterocycles. The third-order valence-electron chi connectivity index (χ3n) is 6.59. The third kappa shape index (κ3) is 3.66. The van der Waals surface area contributed by atoms with Gasteiger partial charge >= 0.3 is 0 Å². The molecule has 5 nitrogen and oxygen atoms in total. The predicted octanol–water partition coefficient (Wildman–Crippen LogP) is 3.02. The number of hydrogen-bond acceptors (Lipinski definition) is 3. The van der Waals surface area contributed by atoms with Gasteiger partial charge in [0, 0.05) is 55.3 Å². The van der Waals surface area contributed by atoms with E-state index < -0.39 is 0 Å². The first-order chi connectivity index (χ1) is 13.1. The van der Waals surface area contributed by atoms with Crippen molar-refractivity contribution in [3.63, 3.8) is 0 Å². The van der Waals surface area contributed by atoms with Gasteiger partial charge in [-0.05, 0) is 38.3 Å². The van der Waals surface area contributed by atoms with E-state index in [0.717, 1.165) is 38.6 Å². The van der Waals surface area contributed by atoms with Gasteiger partial charge in [0.25, 0.3) is 0 Å². The first-order valence-electron chi connectivity index (χ1n) is 10.6. The molecule has 3 fully saturated rings. The fourth-order valence-electron chi connectivity index (χ4n) is 5.22. The summed E-state index contributed by atoms with van der Waals surface area (Å²) < 4.78 is 5.95. The van der Waals surface area contributed by atoms with Crippen molar-refractivity contribution in [1.82, 2.24) is 10.6 Å². The Hall–Kier alpha value is -1.75. The minimum absolute atomic E-state index is 0.167. The maximum absolute atomic E-state index is 5.95. The number of nitrogens with zero attached hydrogens (tertiary/aromatic N) is 2. The minimum Gasteiger partial charge on any atom is -0.377 e. The lowest BCUT2D eigenvalue weighted by Gasteiger charge is -2.55. The Morgan fingerprint density at radius 1 is 1.22 bits per heavy atom. The van der Waals surface area contributed by atoms with Crippen molar-refractivity contribution in [3.8, 4) is 0 Å². The van der Waals surface area contributed by atoms with Gasteiger partial charge < -0.3 is 20.3 Å². The van der Waals surface area contributed by atoms with Crippen molar-refractivity contribution >= 4 is 11.6 Å². The molecule has 4 unspecified atom stereocenters. The summed E-state index contributed by atoms with van der Waals surface area (Å²) in [6.45, 7) is 10.6. The molecule has 148 valence electrons. The van der Waals surface area contributed by atoms with E-state index >= 15 is 0 Å². The summed E-state index contributed by atoms with van der Waals surface area (Å²) in [6, 6.07) is 11.6. The lowest BCUT2D eigenvalue weighted by molar-refractivity contribution is -0.106. The van der Waals surface area contributed by atoms with Gasteiger partial charge in [0.15, 0.2) is 5.96 Å². The molecule has 1 aliphatic carbocycles. The Morgan fingerprint density at radius 2 is 2.04 bits per heavy atom. The first-order valence-corrected chi connectivity index (χ1v) is 10.6. The van der Waals surface area contributed by atoms with Gasteiger partial charge in [0.2, 0.25) is 0 Å². The van der Waals surface area contributed by atoms with Gasteiger partial charge in [-0.1, -0.05) is 32.0 Å². The maximum Gasteiger partial charge on any atom is 0.191 e. The summed E-state index contributed by atoms with van der Waals surface area (Å²) in [5, 5.41) is 7.49. The zero-order valence-corrected chi connectivity index (χ0v) is 16.9. The van der Waals surface area contributed by atoms with E-state index in [9.17, 15) is 0 Å². The van der Waals surface area contributed by atoms with Crippen LogP contribution in [0.1, 0.15) is 40.0 Å². The van der Waals surface area contributed by atoms with E-state index in [4.69, 9.17) is 9.73 Å². The summed E-state index contributed by atoms with van der Waals surface area (Å²) in [7, 11) is 0. The van der Waals surface area contributed by atoms with Gasteiger partial charge in [0.1, 0.15) is 0 Å². The minimum atomic E-state index is 0.167. The molecule has 2 heterocycles. The fraction of sp³-hybridized carbons (Fsp3) is 0.682. The molecule has 4 atom stereocenters. The van der Waals surface area contributed by atoms with Crippen molar-refractivity contribution in [1.29, 1.82) is 0 Å². The number of benzene rings is 1. The van der Waals surface area contributed by atoms with Gasteiger partial charge in [-0.2, -0.15) is 0 Å². The molecule has 0 radical (unpaired) electrons.